The van der Waals surface area contributed by atoms with Gasteiger partial charge in [-0.25, -0.2) is 4.98 Å². The number of aromatic nitrogens is 2. The van der Waals surface area contributed by atoms with Crippen LogP contribution < -0.4 is 0 Å². The molecule has 0 aliphatic carbocycles. The van der Waals surface area contributed by atoms with Crippen LogP contribution in [0.15, 0.2) is 23.4 Å². The number of H-pyrrole nitrogens is 1. The van der Waals surface area contributed by atoms with Crippen LogP contribution in [0.25, 0.3) is 11.0 Å². The molecular weight excluding hydrogens is 192 g/mol. The van der Waals surface area contributed by atoms with Crippen LogP contribution in [-0.4, -0.2) is 9.97 Å². The van der Waals surface area contributed by atoms with Gasteiger partial charge in [0, 0.05) is 10.8 Å². The summed E-state index contributed by atoms with van der Waals surface area (Å²) < 4.78 is 0. The zero-order valence-electron chi connectivity index (χ0n) is 6.21. The van der Waals surface area contributed by atoms with Crippen LogP contribution in [0.2, 0.25) is 0 Å². The lowest BCUT2D eigenvalue weighted by Gasteiger charge is -1.98. The van der Waals surface area contributed by atoms with Crippen molar-refractivity contribution in [3.63, 3.8) is 0 Å². The predicted molar refractivity (Wildman–Crippen MR) is 52.9 cm³/mol. The summed E-state index contributed by atoms with van der Waals surface area (Å²) in [6.07, 6.45) is 1.65. The van der Waals surface area contributed by atoms with E-state index in [9.17, 15) is 0 Å². The Morgan fingerprint density at radius 1 is 1.50 bits per heavy atom. The molecule has 0 amide bonds. The highest BCUT2D eigenvalue weighted by molar-refractivity contribution is 7.80. The summed E-state index contributed by atoms with van der Waals surface area (Å²) in [5, 5.41) is 0. The first-order chi connectivity index (χ1) is 5.83. The number of rotatable bonds is 1. The standard InChI is InChI=1S/C8H7ClN2S/c9-3-5-1-2-6(12)8-7(5)10-4-11-8/h1-2,4,12H,3H2,(H,10,11). The average Bonchev–Trinajstić information content (AvgIpc) is 2.54. The van der Waals surface area contributed by atoms with E-state index in [-0.39, 0.29) is 0 Å². The monoisotopic (exact) mass is 198 g/mol. The van der Waals surface area contributed by atoms with Crippen molar-refractivity contribution < 1.29 is 0 Å². The number of benzene rings is 1. The molecule has 4 heteroatoms. The Morgan fingerprint density at radius 3 is 3.08 bits per heavy atom. The molecule has 0 unspecified atom stereocenters. The molecule has 0 bridgehead atoms. The largest absolute Gasteiger partial charge is 0.344 e. The number of hydrogen-bond donors (Lipinski definition) is 2. The van der Waals surface area contributed by atoms with Crippen molar-refractivity contribution in [1.29, 1.82) is 0 Å². The Kier molecular flexibility index (Phi) is 1.98. The Labute approximate surface area is 80.4 Å². The van der Waals surface area contributed by atoms with Crippen LogP contribution in [0.5, 0.6) is 0 Å². The van der Waals surface area contributed by atoms with Gasteiger partial charge < -0.3 is 4.98 Å². The SMILES string of the molecule is Sc1ccc(CCl)c2nc[nH]c12. The molecule has 1 N–H and O–H groups in total. The molecule has 0 aliphatic rings. The molecule has 0 radical (unpaired) electrons. The van der Waals surface area contributed by atoms with Crippen molar-refractivity contribution in [2.45, 2.75) is 10.8 Å². The van der Waals surface area contributed by atoms with Gasteiger partial charge >= 0.3 is 0 Å². The van der Waals surface area contributed by atoms with Crippen LogP contribution in [-0.2, 0) is 5.88 Å². The minimum absolute atomic E-state index is 0.482. The minimum Gasteiger partial charge on any atom is -0.344 e. The van der Waals surface area contributed by atoms with Crippen LogP contribution >= 0.6 is 24.2 Å². The van der Waals surface area contributed by atoms with E-state index in [2.05, 4.69) is 22.6 Å². The summed E-state index contributed by atoms with van der Waals surface area (Å²) in [5.41, 5.74) is 2.90. The molecule has 62 valence electrons. The lowest BCUT2D eigenvalue weighted by molar-refractivity contribution is 1.33. The van der Waals surface area contributed by atoms with Crippen molar-refractivity contribution in [3.8, 4) is 0 Å². The highest BCUT2D eigenvalue weighted by atomic mass is 35.5. The summed E-state index contributed by atoms with van der Waals surface area (Å²) in [5.74, 6) is 0.482. The second kappa shape index (κ2) is 2.99. The van der Waals surface area contributed by atoms with E-state index in [0.29, 0.717) is 5.88 Å². The number of alkyl halides is 1. The highest BCUT2D eigenvalue weighted by Crippen LogP contribution is 2.22. The molecule has 2 rings (SSSR count). The molecule has 2 nitrogen and oxygen atoms in total. The highest BCUT2D eigenvalue weighted by Gasteiger charge is 2.04. The molecule has 1 aromatic heterocycles. The van der Waals surface area contributed by atoms with E-state index in [1.807, 2.05) is 12.1 Å². The summed E-state index contributed by atoms with van der Waals surface area (Å²) in [7, 11) is 0. The Hall–Kier alpha value is -0.670. The molecule has 0 saturated heterocycles. The summed E-state index contributed by atoms with van der Waals surface area (Å²) in [6.45, 7) is 0. The van der Waals surface area contributed by atoms with E-state index in [4.69, 9.17) is 11.6 Å². The maximum atomic E-state index is 5.74. The Bertz CT molecular complexity index is 410. The first-order valence-corrected chi connectivity index (χ1v) is 4.51. The van der Waals surface area contributed by atoms with Crippen LogP contribution in [0.4, 0.5) is 0 Å². The third-order valence-corrected chi connectivity index (χ3v) is 2.45. The van der Waals surface area contributed by atoms with Gasteiger partial charge in [-0.05, 0) is 11.6 Å². The number of imidazole rings is 1. The fourth-order valence-electron chi connectivity index (χ4n) is 1.18. The first kappa shape index (κ1) is 7.95. The molecule has 0 atom stereocenters. The zero-order chi connectivity index (χ0) is 8.55. The third-order valence-electron chi connectivity index (χ3n) is 1.79. The van der Waals surface area contributed by atoms with Crippen molar-refractivity contribution >= 4 is 35.3 Å². The van der Waals surface area contributed by atoms with Gasteiger partial charge in [-0.15, -0.1) is 24.2 Å². The van der Waals surface area contributed by atoms with E-state index < -0.39 is 0 Å². The predicted octanol–water partition coefficient (Wildman–Crippen LogP) is 2.59. The van der Waals surface area contributed by atoms with Crippen molar-refractivity contribution in [1.82, 2.24) is 9.97 Å². The van der Waals surface area contributed by atoms with Crippen LogP contribution in [0, 0.1) is 0 Å². The molecule has 0 aliphatic heterocycles. The van der Waals surface area contributed by atoms with Gasteiger partial charge in [0.2, 0.25) is 0 Å². The van der Waals surface area contributed by atoms with E-state index >= 15 is 0 Å². The van der Waals surface area contributed by atoms with Gasteiger partial charge in [-0.2, -0.15) is 0 Å². The van der Waals surface area contributed by atoms with Crippen LogP contribution in [0.3, 0.4) is 0 Å². The van der Waals surface area contributed by atoms with Crippen LogP contribution in [0.1, 0.15) is 5.56 Å². The Morgan fingerprint density at radius 2 is 2.33 bits per heavy atom. The number of fused-ring (bicyclic) bond motifs is 1. The van der Waals surface area contributed by atoms with Gasteiger partial charge in [0.25, 0.3) is 0 Å². The van der Waals surface area contributed by atoms with E-state index in [1.165, 1.54) is 0 Å². The zero-order valence-corrected chi connectivity index (χ0v) is 7.86. The number of hydrogen-bond acceptors (Lipinski definition) is 2. The molecular formula is C8H7ClN2S. The van der Waals surface area contributed by atoms with Gasteiger partial charge in [-0.3, -0.25) is 0 Å². The smallest absolute Gasteiger partial charge is 0.0938 e. The van der Waals surface area contributed by atoms with Gasteiger partial charge in [0.05, 0.1) is 17.4 Å². The van der Waals surface area contributed by atoms with Crippen molar-refractivity contribution in [2.75, 3.05) is 0 Å². The van der Waals surface area contributed by atoms with Crippen molar-refractivity contribution in [2.24, 2.45) is 0 Å². The summed E-state index contributed by atoms with van der Waals surface area (Å²) >= 11 is 10.0. The lowest BCUT2D eigenvalue weighted by Crippen LogP contribution is -1.81. The summed E-state index contributed by atoms with van der Waals surface area (Å²) in [4.78, 5) is 8.08. The number of aromatic amines is 1. The minimum atomic E-state index is 0.482. The first-order valence-electron chi connectivity index (χ1n) is 3.53. The van der Waals surface area contributed by atoms with Crippen molar-refractivity contribution in [3.05, 3.63) is 24.0 Å². The molecule has 0 spiro atoms. The maximum absolute atomic E-state index is 5.74. The molecule has 0 saturated carbocycles. The molecule has 1 heterocycles. The number of halogens is 1. The second-order valence-corrected chi connectivity index (χ2v) is 3.25. The number of nitrogens with one attached hydrogen (secondary N) is 1. The number of thiol groups is 1. The topological polar surface area (TPSA) is 28.7 Å². The lowest BCUT2D eigenvalue weighted by atomic mass is 10.2. The third kappa shape index (κ3) is 1.09. The quantitative estimate of drug-likeness (QED) is 0.535. The normalized spacial score (nSPS) is 10.8. The molecule has 12 heavy (non-hydrogen) atoms. The number of nitrogens with zero attached hydrogens (tertiary/aromatic N) is 1. The summed E-state index contributed by atoms with van der Waals surface area (Å²) in [6, 6.07) is 3.86. The van der Waals surface area contributed by atoms with E-state index in [0.717, 1.165) is 21.5 Å². The second-order valence-electron chi connectivity index (χ2n) is 2.50. The van der Waals surface area contributed by atoms with Gasteiger partial charge in [0.1, 0.15) is 0 Å². The Balaban J connectivity index is 2.82. The average molecular weight is 199 g/mol. The van der Waals surface area contributed by atoms with Gasteiger partial charge in [-0.1, -0.05) is 6.07 Å². The molecule has 2 aromatic rings. The van der Waals surface area contributed by atoms with Gasteiger partial charge in [0.15, 0.2) is 0 Å². The molecule has 0 fully saturated rings. The van der Waals surface area contributed by atoms with E-state index in [1.54, 1.807) is 6.33 Å². The maximum Gasteiger partial charge on any atom is 0.0938 e. The molecule has 1 aromatic carbocycles. The fraction of sp³-hybridized carbons (Fsp3) is 0.125. The fourth-order valence-corrected chi connectivity index (χ4v) is 1.64.